The Labute approximate surface area is 102 Å². The molecule has 0 unspecified atom stereocenters. The fourth-order valence-corrected chi connectivity index (χ4v) is 1.74. The van der Waals surface area contributed by atoms with Crippen molar-refractivity contribution in [1.29, 1.82) is 0 Å². The average molecular weight is 240 g/mol. The van der Waals surface area contributed by atoms with Crippen LogP contribution in [-0.4, -0.2) is 28.8 Å². The first-order chi connectivity index (χ1) is 7.67. The summed E-state index contributed by atoms with van der Waals surface area (Å²) in [5, 5.41) is 17.8. The van der Waals surface area contributed by atoms with E-state index in [1.54, 1.807) is 34.6 Å². The van der Waals surface area contributed by atoms with Crippen molar-refractivity contribution in [3.05, 3.63) is 11.3 Å². The quantitative estimate of drug-likeness (QED) is 0.766. The predicted molar refractivity (Wildman–Crippen MR) is 63.5 cm³/mol. The normalized spacial score (nSPS) is 18.7. The van der Waals surface area contributed by atoms with Gasteiger partial charge in [0, 0.05) is 6.42 Å². The summed E-state index contributed by atoms with van der Waals surface area (Å²) in [5.41, 5.74) is -0.637. The third-order valence-corrected chi connectivity index (χ3v) is 2.40. The molecule has 5 nitrogen and oxygen atoms in total. The van der Waals surface area contributed by atoms with Crippen molar-refractivity contribution < 1.29 is 14.6 Å². The van der Waals surface area contributed by atoms with Gasteiger partial charge in [-0.15, -0.1) is 0 Å². The Bertz CT molecular complexity index is 376. The van der Waals surface area contributed by atoms with Crippen molar-refractivity contribution in [2.24, 2.45) is 10.2 Å². The molecule has 0 saturated heterocycles. The molecule has 96 valence electrons. The molecular formula is C12H20N2O3. The third-order valence-electron chi connectivity index (χ3n) is 2.40. The molecule has 0 atom stereocenters. The molecule has 0 aromatic heterocycles. The van der Waals surface area contributed by atoms with Crippen LogP contribution in [0.1, 0.15) is 41.0 Å². The summed E-state index contributed by atoms with van der Waals surface area (Å²) in [6, 6.07) is 0. The lowest BCUT2D eigenvalue weighted by Crippen LogP contribution is -2.27. The molecule has 0 aliphatic carbocycles. The minimum atomic E-state index is -0.924. The zero-order chi connectivity index (χ0) is 13.3. The number of aliphatic hydroxyl groups is 1. The highest BCUT2D eigenvalue weighted by Crippen LogP contribution is 2.36. The smallest absolute Gasteiger partial charge is 0.338 e. The summed E-state index contributed by atoms with van der Waals surface area (Å²) in [6.07, 6.45) is 0.286. The Morgan fingerprint density at radius 2 is 2.06 bits per heavy atom. The number of esters is 1. The molecule has 0 aromatic carbocycles. The maximum absolute atomic E-state index is 11.9. The highest BCUT2D eigenvalue weighted by Gasteiger charge is 2.38. The van der Waals surface area contributed by atoms with Gasteiger partial charge in [0.25, 0.3) is 0 Å². The van der Waals surface area contributed by atoms with Gasteiger partial charge < -0.3 is 9.84 Å². The van der Waals surface area contributed by atoms with Crippen molar-refractivity contribution in [1.82, 2.24) is 0 Å². The van der Waals surface area contributed by atoms with Gasteiger partial charge in [0.2, 0.25) is 0 Å². The molecule has 1 aliphatic heterocycles. The minimum absolute atomic E-state index is 0.286. The number of azo groups is 1. The van der Waals surface area contributed by atoms with Crippen molar-refractivity contribution in [2.45, 2.75) is 52.2 Å². The van der Waals surface area contributed by atoms with E-state index in [9.17, 15) is 9.90 Å². The Morgan fingerprint density at radius 3 is 2.53 bits per heavy atom. The van der Waals surface area contributed by atoms with Gasteiger partial charge >= 0.3 is 5.97 Å². The monoisotopic (exact) mass is 240 g/mol. The molecule has 0 fully saturated rings. The summed E-state index contributed by atoms with van der Waals surface area (Å²) in [7, 11) is 0. The van der Waals surface area contributed by atoms with Gasteiger partial charge in [-0.3, -0.25) is 0 Å². The first-order valence-electron chi connectivity index (χ1n) is 5.73. The number of ether oxygens (including phenoxy) is 1. The summed E-state index contributed by atoms with van der Waals surface area (Å²) < 4.78 is 5.01. The lowest BCUT2D eigenvalue weighted by Gasteiger charge is -2.19. The highest BCUT2D eigenvalue weighted by atomic mass is 16.5. The number of hydrogen-bond acceptors (Lipinski definition) is 5. The molecule has 17 heavy (non-hydrogen) atoms. The minimum Gasteiger partial charge on any atom is -0.463 e. The molecule has 0 amide bonds. The molecule has 0 saturated carbocycles. The molecule has 0 bridgehead atoms. The molecular weight excluding hydrogens is 220 g/mol. The van der Waals surface area contributed by atoms with E-state index in [-0.39, 0.29) is 6.42 Å². The van der Waals surface area contributed by atoms with Gasteiger partial charge in [-0.1, -0.05) is 0 Å². The largest absolute Gasteiger partial charge is 0.463 e. The van der Waals surface area contributed by atoms with Crippen LogP contribution >= 0.6 is 0 Å². The van der Waals surface area contributed by atoms with Gasteiger partial charge in [0.1, 0.15) is 5.54 Å². The van der Waals surface area contributed by atoms with Crippen molar-refractivity contribution in [2.75, 3.05) is 6.61 Å². The zero-order valence-electron chi connectivity index (χ0n) is 11.1. The van der Waals surface area contributed by atoms with Crippen LogP contribution in [0, 0.1) is 0 Å². The van der Waals surface area contributed by atoms with Crippen LogP contribution in [0.15, 0.2) is 21.5 Å². The Morgan fingerprint density at radius 1 is 1.47 bits per heavy atom. The van der Waals surface area contributed by atoms with Gasteiger partial charge in [-0.2, -0.15) is 10.2 Å². The average Bonchev–Trinajstić information content (AvgIpc) is 2.39. The van der Waals surface area contributed by atoms with E-state index in [2.05, 4.69) is 10.2 Å². The van der Waals surface area contributed by atoms with E-state index in [1.807, 2.05) is 0 Å². The molecule has 1 rings (SSSR count). The van der Waals surface area contributed by atoms with E-state index in [4.69, 9.17) is 4.74 Å². The van der Waals surface area contributed by atoms with E-state index in [0.717, 1.165) is 0 Å². The van der Waals surface area contributed by atoms with Crippen LogP contribution < -0.4 is 0 Å². The van der Waals surface area contributed by atoms with Crippen LogP contribution in [0.4, 0.5) is 0 Å². The number of carbonyl (C=O) groups excluding carboxylic acids is 1. The van der Waals surface area contributed by atoms with Gasteiger partial charge in [0.15, 0.2) is 0 Å². The SMILES string of the molecule is CCOC(=O)C1=C(CC(C)(C)O)N=NC1(C)C. The molecule has 5 heteroatoms. The summed E-state index contributed by atoms with van der Waals surface area (Å²) in [6.45, 7) is 9.02. The van der Waals surface area contributed by atoms with Crippen LogP contribution in [0.3, 0.4) is 0 Å². The predicted octanol–water partition coefficient (Wildman–Crippen LogP) is 2.21. The molecule has 1 aliphatic rings. The Kier molecular flexibility index (Phi) is 3.71. The summed E-state index contributed by atoms with van der Waals surface area (Å²) >= 11 is 0. The highest BCUT2D eigenvalue weighted by molar-refractivity contribution is 5.92. The number of carbonyl (C=O) groups is 1. The maximum atomic E-state index is 11.9. The first-order valence-corrected chi connectivity index (χ1v) is 5.73. The van der Waals surface area contributed by atoms with E-state index in [0.29, 0.717) is 17.9 Å². The topological polar surface area (TPSA) is 71.2 Å². The molecule has 1 N–H and O–H groups in total. The van der Waals surface area contributed by atoms with Gasteiger partial charge in [-0.25, -0.2) is 4.79 Å². The molecule has 0 radical (unpaired) electrons. The van der Waals surface area contributed by atoms with Crippen LogP contribution in [0.5, 0.6) is 0 Å². The van der Waals surface area contributed by atoms with Crippen molar-refractivity contribution in [3.8, 4) is 0 Å². The summed E-state index contributed by atoms with van der Waals surface area (Å²) in [5.74, 6) is -0.401. The second kappa shape index (κ2) is 4.56. The first kappa shape index (κ1) is 13.8. The van der Waals surface area contributed by atoms with Crippen molar-refractivity contribution >= 4 is 5.97 Å². The molecule has 1 heterocycles. The molecule has 0 aromatic rings. The lowest BCUT2D eigenvalue weighted by molar-refractivity contribution is -0.139. The standard InChI is InChI=1S/C12H20N2O3/c1-6-17-10(15)9-8(7-11(2,3)16)13-14-12(9,4)5/h16H,6-7H2,1-5H3. The Balaban J connectivity index is 3.06. The zero-order valence-corrected chi connectivity index (χ0v) is 11.1. The van der Waals surface area contributed by atoms with Gasteiger partial charge in [0.05, 0.1) is 23.5 Å². The van der Waals surface area contributed by atoms with Crippen LogP contribution in [0.25, 0.3) is 0 Å². The number of rotatable bonds is 4. The molecule has 0 spiro atoms. The lowest BCUT2D eigenvalue weighted by atomic mass is 9.91. The van der Waals surface area contributed by atoms with Gasteiger partial charge in [-0.05, 0) is 34.6 Å². The van der Waals surface area contributed by atoms with Crippen LogP contribution in [0.2, 0.25) is 0 Å². The third kappa shape index (κ3) is 3.36. The fraction of sp³-hybridized carbons (Fsp3) is 0.750. The maximum Gasteiger partial charge on any atom is 0.338 e. The van der Waals surface area contributed by atoms with E-state index >= 15 is 0 Å². The number of hydrogen-bond donors (Lipinski definition) is 1. The summed E-state index contributed by atoms with van der Waals surface area (Å²) in [4.78, 5) is 11.9. The van der Waals surface area contributed by atoms with E-state index < -0.39 is 17.1 Å². The fourth-order valence-electron chi connectivity index (χ4n) is 1.74. The number of nitrogens with zero attached hydrogens (tertiary/aromatic N) is 2. The Hall–Kier alpha value is -1.23. The van der Waals surface area contributed by atoms with E-state index in [1.165, 1.54) is 0 Å². The van der Waals surface area contributed by atoms with Crippen LogP contribution in [-0.2, 0) is 9.53 Å². The van der Waals surface area contributed by atoms with Crippen molar-refractivity contribution in [3.63, 3.8) is 0 Å². The second-order valence-corrected chi connectivity index (χ2v) is 5.29. The second-order valence-electron chi connectivity index (χ2n) is 5.29.